The topological polar surface area (TPSA) is 73.6 Å². The van der Waals surface area contributed by atoms with Gasteiger partial charge in [0.1, 0.15) is 0 Å². The Labute approximate surface area is 165 Å². The van der Waals surface area contributed by atoms with Crippen molar-refractivity contribution in [3.05, 3.63) is 47.5 Å². The molecule has 1 aliphatic heterocycles. The largest absolute Gasteiger partial charge is 0.466 e. The third-order valence-electron chi connectivity index (χ3n) is 5.02. The highest BCUT2D eigenvalue weighted by atomic mass is 16.5. The molecule has 1 heterocycles. The van der Waals surface area contributed by atoms with Crippen molar-refractivity contribution in [2.45, 2.75) is 19.8 Å². The van der Waals surface area contributed by atoms with Gasteiger partial charge in [-0.1, -0.05) is 24.3 Å². The van der Waals surface area contributed by atoms with Crippen LogP contribution in [0.25, 0.3) is 10.8 Å². The Balaban J connectivity index is 1.55. The summed E-state index contributed by atoms with van der Waals surface area (Å²) in [6, 6.07) is 13.8. The van der Waals surface area contributed by atoms with Gasteiger partial charge in [-0.25, -0.2) is 0 Å². The molecule has 146 valence electrons. The average molecular weight is 379 g/mol. The van der Waals surface area contributed by atoms with E-state index in [0.29, 0.717) is 31.7 Å². The van der Waals surface area contributed by atoms with E-state index >= 15 is 0 Å². The van der Waals surface area contributed by atoms with Crippen LogP contribution >= 0.6 is 0 Å². The number of hydrogen-bond donors (Lipinski definition) is 0. The highest BCUT2D eigenvalue weighted by Gasteiger charge is 2.22. The molecule has 2 aromatic carbocycles. The lowest BCUT2D eigenvalue weighted by Crippen LogP contribution is -2.49. The van der Waals surface area contributed by atoms with Crippen molar-refractivity contribution in [2.24, 2.45) is 0 Å². The van der Waals surface area contributed by atoms with E-state index in [-0.39, 0.29) is 11.9 Å². The molecule has 0 bridgehead atoms. The number of benzene rings is 2. The maximum absolute atomic E-state index is 12.9. The molecule has 0 aliphatic carbocycles. The molecule has 2 aromatic rings. The van der Waals surface area contributed by atoms with Crippen molar-refractivity contribution in [2.75, 3.05) is 39.3 Å². The zero-order valence-corrected chi connectivity index (χ0v) is 16.2. The number of amides is 1. The maximum Gasteiger partial charge on any atom is 0.302 e. The summed E-state index contributed by atoms with van der Waals surface area (Å²) >= 11 is 0. The maximum atomic E-state index is 12.9. The van der Waals surface area contributed by atoms with E-state index in [1.54, 1.807) is 0 Å². The van der Waals surface area contributed by atoms with Gasteiger partial charge in [0.05, 0.1) is 19.1 Å². The van der Waals surface area contributed by atoms with Crippen LogP contribution in [0.2, 0.25) is 0 Å². The van der Waals surface area contributed by atoms with Gasteiger partial charge >= 0.3 is 5.97 Å². The quantitative estimate of drug-likeness (QED) is 0.570. The number of hydrogen-bond acceptors (Lipinski definition) is 5. The molecule has 6 heteroatoms. The molecule has 0 saturated carbocycles. The van der Waals surface area contributed by atoms with E-state index in [0.717, 1.165) is 42.4 Å². The molecule has 1 saturated heterocycles. The highest BCUT2D eigenvalue weighted by Crippen LogP contribution is 2.20. The second-order valence-electron chi connectivity index (χ2n) is 7.06. The van der Waals surface area contributed by atoms with Crippen molar-refractivity contribution in [1.29, 1.82) is 5.26 Å². The van der Waals surface area contributed by atoms with Gasteiger partial charge in [0.2, 0.25) is 0 Å². The Hall–Kier alpha value is -2.91. The minimum absolute atomic E-state index is 0.0579. The van der Waals surface area contributed by atoms with Crippen molar-refractivity contribution in [3.63, 3.8) is 0 Å². The van der Waals surface area contributed by atoms with Gasteiger partial charge in [-0.05, 0) is 34.9 Å². The van der Waals surface area contributed by atoms with Gasteiger partial charge < -0.3 is 9.64 Å². The molecule has 6 nitrogen and oxygen atoms in total. The number of ether oxygens (including phenoxy) is 1. The lowest BCUT2D eigenvalue weighted by Gasteiger charge is -2.34. The molecule has 0 atom stereocenters. The van der Waals surface area contributed by atoms with E-state index in [4.69, 9.17) is 10.00 Å². The van der Waals surface area contributed by atoms with Crippen LogP contribution in [-0.2, 0) is 16.0 Å². The number of nitriles is 1. The minimum atomic E-state index is -0.243. The van der Waals surface area contributed by atoms with E-state index in [1.807, 2.05) is 41.3 Å². The number of rotatable bonds is 6. The summed E-state index contributed by atoms with van der Waals surface area (Å²) in [6.07, 6.45) is 1.20. The number of esters is 1. The number of piperazine rings is 1. The summed E-state index contributed by atoms with van der Waals surface area (Å²) in [6.45, 7) is 5.80. The van der Waals surface area contributed by atoms with E-state index in [1.165, 1.54) is 6.92 Å². The fourth-order valence-electron chi connectivity index (χ4n) is 3.49. The number of fused-ring (bicyclic) bond motifs is 1. The van der Waals surface area contributed by atoms with Gasteiger partial charge in [0.25, 0.3) is 5.91 Å². The normalized spacial score (nSPS) is 14.6. The number of carbonyl (C=O) groups is 2. The molecule has 0 N–H and O–H groups in total. The van der Waals surface area contributed by atoms with Gasteiger partial charge in [-0.2, -0.15) is 5.26 Å². The van der Waals surface area contributed by atoms with Crippen LogP contribution in [0.3, 0.4) is 0 Å². The second-order valence-corrected chi connectivity index (χ2v) is 7.06. The van der Waals surface area contributed by atoms with Crippen LogP contribution < -0.4 is 0 Å². The van der Waals surface area contributed by atoms with Gasteiger partial charge in [-0.3, -0.25) is 14.5 Å². The van der Waals surface area contributed by atoms with Gasteiger partial charge in [0.15, 0.2) is 0 Å². The summed E-state index contributed by atoms with van der Waals surface area (Å²) in [4.78, 5) is 27.8. The zero-order chi connectivity index (χ0) is 19.9. The van der Waals surface area contributed by atoms with Crippen LogP contribution in [-0.4, -0.2) is 61.0 Å². The molecular formula is C22H25N3O3. The van der Waals surface area contributed by atoms with E-state index < -0.39 is 0 Å². The van der Waals surface area contributed by atoms with Crippen molar-refractivity contribution in [3.8, 4) is 6.07 Å². The lowest BCUT2D eigenvalue weighted by atomic mass is 10.0. The highest BCUT2D eigenvalue weighted by molar-refractivity contribution is 5.98. The van der Waals surface area contributed by atoms with Crippen LogP contribution in [0.1, 0.15) is 29.3 Å². The summed E-state index contributed by atoms with van der Waals surface area (Å²) < 4.78 is 4.96. The minimum Gasteiger partial charge on any atom is -0.466 e. The fraction of sp³-hybridized carbons (Fsp3) is 0.409. The predicted octanol–water partition coefficient (Wildman–Crippen LogP) is 2.62. The summed E-state index contributed by atoms with van der Waals surface area (Å²) in [5, 5.41) is 10.9. The monoisotopic (exact) mass is 379 g/mol. The Morgan fingerprint density at radius 1 is 1.07 bits per heavy atom. The second kappa shape index (κ2) is 9.34. The first kappa shape index (κ1) is 19.8. The molecule has 0 unspecified atom stereocenters. The molecule has 0 spiro atoms. The SMILES string of the molecule is CC(=O)OCCCN1CCN(C(=O)c2ccc3cc(CC#N)ccc3c2)CC1. The molecule has 1 fully saturated rings. The Kier molecular flexibility index (Phi) is 6.62. The first-order valence-corrected chi connectivity index (χ1v) is 9.61. The van der Waals surface area contributed by atoms with Crippen LogP contribution in [0, 0.1) is 11.3 Å². The first-order valence-electron chi connectivity index (χ1n) is 9.61. The molecule has 0 aromatic heterocycles. The summed E-state index contributed by atoms with van der Waals surface area (Å²) in [7, 11) is 0. The molecule has 28 heavy (non-hydrogen) atoms. The van der Waals surface area contributed by atoms with Crippen molar-refractivity contribution in [1.82, 2.24) is 9.80 Å². The molecule has 0 radical (unpaired) electrons. The Morgan fingerprint density at radius 3 is 2.50 bits per heavy atom. The van der Waals surface area contributed by atoms with Gasteiger partial charge in [0, 0.05) is 45.2 Å². The van der Waals surface area contributed by atoms with Gasteiger partial charge in [-0.15, -0.1) is 0 Å². The molecule has 3 rings (SSSR count). The zero-order valence-electron chi connectivity index (χ0n) is 16.2. The Morgan fingerprint density at radius 2 is 1.79 bits per heavy atom. The van der Waals surface area contributed by atoms with Crippen molar-refractivity contribution >= 4 is 22.6 Å². The standard InChI is InChI=1S/C22H25N3O3/c1-17(26)28-14-2-9-24-10-12-25(13-11-24)22(27)21-6-5-19-15-18(7-8-23)3-4-20(19)16-21/h3-6,15-16H,2,7,9-14H2,1H3. The lowest BCUT2D eigenvalue weighted by molar-refractivity contribution is -0.141. The smallest absolute Gasteiger partial charge is 0.302 e. The third kappa shape index (κ3) is 5.08. The van der Waals surface area contributed by atoms with E-state index in [2.05, 4.69) is 11.0 Å². The van der Waals surface area contributed by atoms with Crippen LogP contribution in [0.4, 0.5) is 0 Å². The van der Waals surface area contributed by atoms with Crippen LogP contribution in [0.15, 0.2) is 36.4 Å². The molecular weight excluding hydrogens is 354 g/mol. The number of carbonyl (C=O) groups excluding carboxylic acids is 2. The first-order chi connectivity index (χ1) is 13.6. The molecule has 1 aliphatic rings. The Bertz CT molecular complexity index is 896. The van der Waals surface area contributed by atoms with Crippen LogP contribution in [0.5, 0.6) is 0 Å². The van der Waals surface area contributed by atoms with E-state index in [9.17, 15) is 9.59 Å². The summed E-state index contributed by atoms with van der Waals surface area (Å²) in [5.41, 5.74) is 1.68. The molecule has 1 amide bonds. The fourth-order valence-corrected chi connectivity index (χ4v) is 3.49. The average Bonchev–Trinajstić information content (AvgIpc) is 2.71. The predicted molar refractivity (Wildman–Crippen MR) is 107 cm³/mol. The number of nitrogens with zero attached hydrogens (tertiary/aromatic N) is 3. The third-order valence-corrected chi connectivity index (χ3v) is 5.02. The van der Waals surface area contributed by atoms with Crippen molar-refractivity contribution < 1.29 is 14.3 Å². The summed E-state index contributed by atoms with van der Waals surface area (Å²) in [5.74, 6) is -0.186.